The van der Waals surface area contributed by atoms with Crippen LogP contribution in [0.15, 0.2) is 66.7 Å². The topological polar surface area (TPSA) is 77.1 Å². The number of nitrogens with zero attached hydrogens (tertiary/aromatic N) is 1. The molecule has 29 heavy (non-hydrogen) atoms. The number of ether oxygens (including phenoxy) is 2. The minimum atomic E-state index is -0.560. The number of nitrogens with one attached hydrogen (secondary N) is 1. The van der Waals surface area contributed by atoms with Crippen LogP contribution >= 0.6 is 0 Å². The van der Waals surface area contributed by atoms with E-state index in [1.807, 2.05) is 49.4 Å². The SMILES string of the molecule is CCOC(=O)c1ccc(N2O[C@@H](C)C=CC2NC(=O)OCc2ccccc2)cc1. The van der Waals surface area contributed by atoms with Crippen LogP contribution in [-0.4, -0.2) is 30.9 Å². The van der Waals surface area contributed by atoms with E-state index in [9.17, 15) is 9.59 Å². The highest BCUT2D eigenvalue weighted by molar-refractivity contribution is 5.89. The molecule has 1 unspecified atom stereocenters. The minimum absolute atomic E-state index is 0.168. The van der Waals surface area contributed by atoms with Crippen LogP contribution in [0.4, 0.5) is 10.5 Å². The maximum Gasteiger partial charge on any atom is 0.409 e. The zero-order valence-corrected chi connectivity index (χ0v) is 16.4. The van der Waals surface area contributed by atoms with Crippen LogP contribution in [0, 0.1) is 0 Å². The van der Waals surface area contributed by atoms with Crippen molar-refractivity contribution in [1.29, 1.82) is 0 Å². The molecule has 0 bridgehead atoms. The summed E-state index contributed by atoms with van der Waals surface area (Å²) in [4.78, 5) is 29.9. The number of benzene rings is 2. The van der Waals surface area contributed by atoms with Crippen molar-refractivity contribution in [3.63, 3.8) is 0 Å². The van der Waals surface area contributed by atoms with E-state index < -0.39 is 12.3 Å². The van der Waals surface area contributed by atoms with Crippen LogP contribution in [0.1, 0.15) is 29.8 Å². The third kappa shape index (κ3) is 5.58. The van der Waals surface area contributed by atoms with E-state index in [4.69, 9.17) is 14.3 Å². The summed E-state index contributed by atoms with van der Waals surface area (Å²) in [5, 5.41) is 4.35. The summed E-state index contributed by atoms with van der Waals surface area (Å²) in [5.74, 6) is -0.383. The third-order valence-corrected chi connectivity index (χ3v) is 4.21. The van der Waals surface area contributed by atoms with Gasteiger partial charge in [-0.15, -0.1) is 0 Å². The molecule has 0 aromatic heterocycles. The number of esters is 1. The number of anilines is 1. The number of amides is 1. The Hall–Kier alpha value is -3.32. The average Bonchev–Trinajstić information content (AvgIpc) is 2.74. The van der Waals surface area contributed by atoms with E-state index in [0.29, 0.717) is 17.9 Å². The predicted octanol–water partition coefficient (Wildman–Crippen LogP) is 3.81. The molecule has 2 atom stereocenters. The Morgan fingerprint density at radius 1 is 1.03 bits per heavy atom. The molecule has 2 aromatic carbocycles. The van der Waals surface area contributed by atoms with Crippen molar-refractivity contribution in [1.82, 2.24) is 5.32 Å². The highest BCUT2D eigenvalue weighted by atomic mass is 16.7. The molecule has 0 saturated carbocycles. The molecule has 152 valence electrons. The second-order valence-electron chi connectivity index (χ2n) is 6.44. The molecule has 0 fully saturated rings. The van der Waals surface area contributed by atoms with Crippen LogP contribution in [0.5, 0.6) is 0 Å². The molecule has 0 spiro atoms. The number of carbonyl (C=O) groups is 2. The number of hydrogen-bond acceptors (Lipinski definition) is 6. The maximum absolute atomic E-state index is 12.2. The fourth-order valence-corrected chi connectivity index (χ4v) is 2.79. The first-order chi connectivity index (χ1) is 14.1. The largest absolute Gasteiger partial charge is 0.462 e. The van der Waals surface area contributed by atoms with Gasteiger partial charge in [-0.2, -0.15) is 0 Å². The van der Waals surface area contributed by atoms with E-state index in [1.165, 1.54) is 0 Å². The number of alkyl carbamates (subject to hydrolysis) is 1. The van der Waals surface area contributed by atoms with Crippen molar-refractivity contribution < 1.29 is 23.9 Å². The summed E-state index contributed by atoms with van der Waals surface area (Å²) < 4.78 is 10.3. The van der Waals surface area contributed by atoms with Gasteiger partial charge in [-0.05, 0) is 49.8 Å². The molecule has 7 nitrogen and oxygen atoms in total. The van der Waals surface area contributed by atoms with Gasteiger partial charge >= 0.3 is 12.1 Å². The standard InChI is InChI=1S/C22H24N2O5/c1-3-27-21(25)18-10-12-19(13-11-18)24-20(14-9-16(2)29-24)23-22(26)28-15-17-7-5-4-6-8-17/h4-14,16,20H,3,15H2,1-2H3,(H,23,26)/t16-,20?/m0/s1. The lowest BCUT2D eigenvalue weighted by Crippen LogP contribution is -2.50. The molecule has 2 aromatic rings. The second-order valence-corrected chi connectivity index (χ2v) is 6.44. The highest BCUT2D eigenvalue weighted by Gasteiger charge is 2.26. The van der Waals surface area contributed by atoms with Gasteiger partial charge in [0.05, 0.1) is 17.9 Å². The summed E-state index contributed by atoms with van der Waals surface area (Å²) in [6.07, 6.45) is 2.40. The second kappa shape index (κ2) is 9.75. The summed E-state index contributed by atoms with van der Waals surface area (Å²) in [5.41, 5.74) is 2.03. The molecular weight excluding hydrogens is 372 g/mol. The fourth-order valence-electron chi connectivity index (χ4n) is 2.79. The summed E-state index contributed by atoms with van der Waals surface area (Å²) in [7, 11) is 0. The molecule has 1 amide bonds. The van der Waals surface area contributed by atoms with Gasteiger partial charge in [0.25, 0.3) is 0 Å². The van der Waals surface area contributed by atoms with Crippen molar-refractivity contribution in [3.8, 4) is 0 Å². The Morgan fingerprint density at radius 2 is 1.76 bits per heavy atom. The van der Waals surface area contributed by atoms with Gasteiger partial charge in [0.1, 0.15) is 18.9 Å². The number of hydrogen-bond donors (Lipinski definition) is 1. The average molecular weight is 396 g/mol. The highest BCUT2D eigenvalue weighted by Crippen LogP contribution is 2.23. The molecule has 1 heterocycles. The van der Waals surface area contributed by atoms with Crippen LogP contribution in [0.25, 0.3) is 0 Å². The zero-order valence-electron chi connectivity index (χ0n) is 16.4. The monoisotopic (exact) mass is 396 g/mol. The van der Waals surface area contributed by atoms with E-state index >= 15 is 0 Å². The molecular formula is C22H24N2O5. The molecule has 3 rings (SSSR count). The van der Waals surface area contributed by atoms with Gasteiger partial charge < -0.3 is 9.47 Å². The van der Waals surface area contributed by atoms with Gasteiger partial charge in [-0.1, -0.05) is 36.4 Å². The summed E-state index contributed by atoms with van der Waals surface area (Å²) in [6.45, 7) is 4.14. The van der Waals surface area contributed by atoms with Crippen molar-refractivity contribution in [3.05, 3.63) is 77.9 Å². The van der Waals surface area contributed by atoms with E-state index in [0.717, 1.165) is 5.56 Å². The fraction of sp³-hybridized carbons (Fsp3) is 0.273. The first-order valence-electron chi connectivity index (χ1n) is 9.45. The van der Waals surface area contributed by atoms with Gasteiger partial charge in [-0.3, -0.25) is 10.2 Å². The molecule has 7 heteroatoms. The van der Waals surface area contributed by atoms with E-state index in [-0.39, 0.29) is 18.7 Å². The summed E-state index contributed by atoms with van der Waals surface area (Å²) in [6, 6.07) is 16.2. The maximum atomic E-state index is 12.2. The van der Waals surface area contributed by atoms with Gasteiger partial charge in [0.2, 0.25) is 0 Å². The van der Waals surface area contributed by atoms with E-state index in [2.05, 4.69) is 5.32 Å². The lowest BCUT2D eigenvalue weighted by molar-refractivity contribution is 0.0429. The van der Waals surface area contributed by atoms with E-state index in [1.54, 1.807) is 36.3 Å². The minimum Gasteiger partial charge on any atom is -0.462 e. The molecule has 0 radical (unpaired) electrons. The van der Waals surface area contributed by atoms with Crippen molar-refractivity contribution in [2.75, 3.05) is 11.7 Å². The first kappa shape index (κ1) is 20.4. The quantitative estimate of drug-likeness (QED) is 0.591. The Labute approximate surface area is 169 Å². The molecule has 1 N–H and O–H groups in total. The Kier molecular flexibility index (Phi) is 6.86. The molecule has 0 aliphatic carbocycles. The number of rotatable bonds is 6. The Balaban J connectivity index is 1.66. The lowest BCUT2D eigenvalue weighted by Gasteiger charge is -2.35. The van der Waals surface area contributed by atoms with Gasteiger partial charge in [0.15, 0.2) is 0 Å². The molecule has 0 saturated heterocycles. The number of hydroxylamine groups is 1. The molecule has 1 aliphatic heterocycles. The first-order valence-corrected chi connectivity index (χ1v) is 9.45. The van der Waals surface area contributed by atoms with Gasteiger partial charge in [0, 0.05) is 0 Å². The smallest absolute Gasteiger partial charge is 0.409 e. The third-order valence-electron chi connectivity index (χ3n) is 4.21. The Morgan fingerprint density at radius 3 is 2.45 bits per heavy atom. The zero-order chi connectivity index (χ0) is 20.6. The number of carbonyl (C=O) groups excluding carboxylic acids is 2. The van der Waals surface area contributed by atoms with Crippen LogP contribution in [0.3, 0.4) is 0 Å². The lowest BCUT2D eigenvalue weighted by atomic mass is 10.2. The van der Waals surface area contributed by atoms with Crippen molar-refractivity contribution >= 4 is 17.7 Å². The van der Waals surface area contributed by atoms with Crippen LogP contribution in [-0.2, 0) is 20.9 Å². The van der Waals surface area contributed by atoms with Gasteiger partial charge in [-0.25, -0.2) is 14.7 Å². The predicted molar refractivity (Wildman–Crippen MR) is 108 cm³/mol. The van der Waals surface area contributed by atoms with Crippen molar-refractivity contribution in [2.24, 2.45) is 0 Å². The normalized spacial score (nSPS) is 18.2. The van der Waals surface area contributed by atoms with Crippen LogP contribution < -0.4 is 10.4 Å². The summed E-state index contributed by atoms with van der Waals surface area (Å²) >= 11 is 0. The van der Waals surface area contributed by atoms with Crippen LogP contribution in [0.2, 0.25) is 0 Å². The van der Waals surface area contributed by atoms with Crippen molar-refractivity contribution in [2.45, 2.75) is 32.7 Å². The molecule has 1 aliphatic rings. The Bertz CT molecular complexity index is 851.